The molecule has 134 valence electrons. The van der Waals surface area contributed by atoms with Gasteiger partial charge in [0.2, 0.25) is 5.91 Å². The monoisotopic (exact) mass is 357 g/mol. The fraction of sp³-hybridized carbons (Fsp3) is 0.118. The Morgan fingerprint density at radius 2 is 1.73 bits per heavy atom. The zero-order valence-electron chi connectivity index (χ0n) is 13.7. The van der Waals surface area contributed by atoms with Crippen molar-refractivity contribution in [2.75, 3.05) is 17.2 Å². The third kappa shape index (κ3) is 5.41. The molecule has 2 aromatic carbocycles. The van der Waals surface area contributed by atoms with Crippen LogP contribution in [-0.2, 0) is 14.3 Å². The third-order valence-corrected chi connectivity index (χ3v) is 3.12. The Labute approximate surface area is 148 Å². The van der Waals surface area contributed by atoms with Crippen molar-refractivity contribution >= 4 is 34.8 Å². The molecule has 9 heteroatoms. The molecule has 0 saturated heterocycles. The summed E-state index contributed by atoms with van der Waals surface area (Å²) in [6, 6.07) is 11.4. The van der Waals surface area contributed by atoms with E-state index in [1.807, 2.05) is 0 Å². The molecule has 0 bridgehead atoms. The van der Waals surface area contributed by atoms with Crippen molar-refractivity contribution in [3.05, 3.63) is 64.2 Å². The van der Waals surface area contributed by atoms with Gasteiger partial charge in [-0.3, -0.25) is 19.7 Å². The number of hydrogen-bond donors (Lipinski definition) is 2. The lowest BCUT2D eigenvalue weighted by Gasteiger charge is -2.07. The maximum absolute atomic E-state index is 11.9. The lowest BCUT2D eigenvalue weighted by atomic mass is 10.2. The number of carbonyl (C=O) groups is 3. The predicted octanol–water partition coefficient (Wildman–Crippen LogP) is 2.35. The number of carbonyl (C=O) groups excluding carboxylic acids is 3. The number of nitrogens with one attached hydrogen (secondary N) is 2. The van der Waals surface area contributed by atoms with E-state index >= 15 is 0 Å². The van der Waals surface area contributed by atoms with E-state index in [4.69, 9.17) is 4.74 Å². The molecule has 9 nitrogen and oxygen atoms in total. The van der Waals surface area contributed by atoms with Crippen molar-refractivity contribution in [2.45, 2.75) is 6.92 Å². The number of rotatable bonds is 6. The highest BCUT2D eigenvalue weighted by Gasteiger charge is 2.12. The van der Waals surface area contributed by atoms with E-state index in [1.165, 1.54) is 55.5 Å². The van der Waals surface area contributed by atoms with Gasteiger partial charge in [-0.05, 0) is 30.3 Å². The molecule has 0 unspecified atom stereocenters. The van der Waals surface area contributed by atoms with Gasteiger partial charge in [-0.15, -0.1) is 0 Å². The average molecular weight is 357 g/mol. The van der Waals surface area contributed by atoms with Crippen LogP contribution in [0.4, 0.5) is 17.1 Å². The van der Waals surface area contributed by atoms with Gasteiger partial charge >= 0.3 is 5.97 Å². The van der Waals surface area contributed by atoms with Gasteiger partial charge in [-0.1, -0.05) is 6.07 Å². The summed E-state index contributed by atoms with van der Waals surface area (Å²) < 4.78 is 4.89. The molecule has 26 heavy (non-hydrogen) atoms. The summed E-state index contributed by atoms with van der Waals surface area (Å²) in [7, 11) is 0. The Kier molecular flexibility index (Phi) is 5.99. The Morgan fingerprint density at radius 1 is 1.04 bits per heavy atom. The molecule has 2 rings (SSSR count). The fourth-order valence-electron chi connectivity index (χ4n) is 2.00. The maximum atomic E-state index is 11.9. The van der Waals surface area contributed by atoms with Crippen molar-refractivity contribution in [3.8, 4) is 0 Å². The largest absolute Gasteiger partial charge is 0.452 e. The van der Waals surface area contributed by atoms with Gasteiger partial charge < -0.3 is 15.4 Å². The number of benzene rings is 2. The van der Waals surface area contributed by atoms with Crippen molar-refractivity contribution in [1.29, 1.82) is 0 Å². The number of nitro groups is 1. The standard InChI is InChI=1S/C17H15N3O6/c1-11(21)18-13-7-5-12(6-8-13)17(23)26-10-16(22)19-14-3-2-4-15(9-14)20(24)25/h2-9H,10H2,1H3,(H,18,21)(H,19,22). The smallest absolute Gasteiger partial charge is 0.338 e. The van der Waals surface area contributed by atoms with Crippen molar-refractivity contribution < 1.29 is 24.0 Å². The second kappa shape index (κ2) is 8.38. The van der Waals surface area contributed by atoms with Gasteiger partial charge in [0.15, 0.2) is 6.61 Å². The zero-order chi connectivity index (χ0) is 19.1. The highest BCUT2D eigenvalue weighted by molar-refractivity contribution is 5.96. The van der Waals surface area contributed by atoms with E-state index in [1.54, 1.807) is 0 Å². The average Bonchev–Trinajstić information content (AvgIpc) is 2.60. The lowest BCUT2D eigenvalue weighted by molar-refractivity contribution is -0.384. The first-order valence-electron chi connectivity index (χ1n) is 7.44. The number of amides is 2. The molecule has 2 amide bonds. The van der Waals surface area contributed by atoms with Gasteiger partial charge in [-0.25, -0.2) is 4.79 Å². The number of nitro benzene ring substituents is 1. The predicted molar refractivity (Wildman–Crippen MR) is 92.8 cm³/mol. The highest BCUT2D eigenvalue weighted by atomic mass is 16.6. The summed E-state index contributed by atoms with van der Waals surface area (Å²) >= 11 is 0. The quantitative estimate of drug-likeness (QED) is 0.464. The first-order chi connectivity index (χ1) is 12.3. The molecule has 0 atom stereocenters. The van der Waals surface area contributed by atoms with E-state index in [-0.39, 0.29) is 22.8 Å². The maximum Gasteiger partial charge on any atom is 0.338 e. The number of ether oxygens (including phenoxy) is 1. The topological polar surface area (TPSA) is 128 Å². The molecule has 0 fully saturated rings. The van der Waals surface area contributed by atoms with Crippen LogP contribution in [0.25, 0.3) is 0 Å². The van der Waals surface area contributed by atoms with E-state index in [0.717, 1.165) is 0 Å². The molecule has 0 heterocycles. The summed E-state index contributed by atoms with van der Waals surface area (Å²) in [5.41, 5.74) is 0.790. The summed E-state index contributed by atoms with van der Waals surface area (Å²) in [5.74, 6) is -1.58. The molecule has 2 N–H and O–H groups in total. The molecule has 0 radical (unpaired) electrons. The van der Waals surface area contributed by atoms with Crippen LogP contribution in [0.15, 0.2) is 48.5 Å². The normalized spacial score (nSPS) is 9.88. The van der Waals surface area contributed by atoms with Gasteiger partial charge in [0.25, 0.3) is 11.6 Å². The molecular weight excluding hydrogens is 342 g/mol. The van der Waals surface area contributed by atoms with Gasteiger partial charge in [-0.2, -0.15) is 0 Å². The Hall–Kier alpha value is -3.75. The number of esters is 1. The van der Waals surface area contributed by atoms with Crippen LogP contribution in [0, 0.1) is 10.1 Å². The molecule has 2 aromatic rings. The van der Waals surface area contributed by atoms with Crippen molar-refractivity contribution in [3.63, 3.8) is 0 Å². The van der Waals surface area contributed by atoms with E-state index in [9.17, 15) is 24.5 Å². The van der Waals surface area contributed by atoms with Crippen LogP contribution >= 0.6 is 0 Å². The molecule has 0 aliphatic carbocycles. The SMILES string of the molecule is CC(=O)Nc1ccc(C(=O)OCC(=O)Nc2cccc([N+](=O)[O-])c2)cc1. The minimum absolute atomic E-state index is 0.168. The first kappa shape index (κ1) is 18.6. The second-order valence-electron chi connectivity index (χ2n) is 5.19. The lowest BCUT2D eigenvalue weighted by Crippen LogP contribution is -2.21. The Bertz CT molecular complexity index is 848. The van der Waals surface area contributed by atoms with E-state index in [2.05, 4.69) is 10.6 Å². The van der Waals surface area contributed by atoms with E-state index in [0.29, 0.717) is 5.69 Å². The molecular formula is C17H15N3O6. The van der Waals surface area contributed by atoms with Crippen molar-refractivity contribution in [2.24, 2.45) is 0 Å². The van der Waals surface area contributed by atoms with Crippen LogP contribution in [0.3, 0.4) is 0 Å². The molecule has 0 aliphatic rings. The number of hydrogen-bond acceptors (Lipinski definition) is 6. The summed E-state index contributed by atoms with van der Waals surface area (Å²) in [5, 5.41) is 15.7. The van der Waals surface area contributed by atoms with Crippen LogP contribution in [0.2, 0.25) is 0 Å². The minimum atomic E-state index is -0.714. The van der Waals surface area contributed by atoms with Gasteiger partial charge in [0.1, 0.15) is 0 Å². The third-order valence-electron chi connectivity index (χ3n) is 3.12. The summed E-state index contributed by atoms with van der Waals surface area (Å²) in [6.07, 6.45) is 0. The molecule has 0 aromatic heterocycles. The summed E-state index contributed by atoms with van der Waals surface area (Å²) in [6.45, 7) is 0.817. The molecule has 0 spiro atoms. The first-order valence-corrected chi connectivity index (χ1v) is 7.44. The van der Waals surface area contributed by atoms with Gasteiger partial charge in [0, 0.05) is 30.4 Å². The van der Waals surface area contributed by atoms with Crippen LogP contribution in [0.1, 0.15) is 17.3 Å². The number of nitrogens with zero attached hydrogens (tertiary/aromatic N) is 1. The fourth-order valence-corrected chi connectivity index (χ4v) is 2.00. The Morgan fingerprint density at radius 3 is 2.35 bits per heavy atom. The van der Waals surface area contributed by atoms with Gasteiger partial charge in [0.05, 0.1) is 10.5 Å². The summed E-state index contributed by atoms with van der Waals surface area (Å²) in [4.78, 5) is 44.7. The number of non-ortho nitro benzene ring substituents is 1. The Balaban J connectivity index is 1.88. The molecule has 0 saturated carbocycles. The van der Waals surface area contributed by atoms with Crippen LogP contribution in [-0.4, -0.2) is 29.3 Å². The highest BCUT2D eigenvalue weighted by Crippen LogP contribution is 2.17. The van der Waals surface area contributed by atoms with Crippen LogP contribution in [0.5, 0.6) is 0 Å². The number of anilines is 2. The second-order valence-corrected chi connectivity index (χ2v) is 5.19. The van der Waals surface area contributed by atoms with Crippen molar-refractivity contribution in [1.82, 2.24) is 0 Å². The molecule has 0 aliphatic heterocycles. The van der Waals surface area contributed by atoms with Crippen LogP contribution < -0.4 is 10.6 Å². The zero-order valence-corrected chi connectivity index (χ0v) is 13.7. The minimum Gasteiger partial charge on any atom is -0.452 e. The van der Waals surface area contributed by atoms with E-state index < -0.39 is 23.4 Å².